The van der Waals surface area contributed by atoms with Crippen LogP contribution in [-0.4, -0.2) is 17.1 Å². The highest BCUT2D eigenvalue weighted by Crippen LogP contribution is 2.32. The van der Waals surface area contributed by atoms with Crippen LogP contribution in [0.3, 0.4) is 0 Å². The van der Waals surface area contributed by atoms with Crippen molar-refractivity contribution < 1.29 is 13.5 Å². The quantitative estimate of drug-likeness (QED) is 0.765. The minimum Gasteiger partial charge on any atom is -0.496 e. The Kier molecular flexibility index (Phi) is 2.67. The first kappa shape index (κ1) is 11.6. The van der Waals surface area contributed by atoms with Crippen LogP contribution in [0, 0.1) is 11.6 Å². The lowest BCUT2D eigenvalue weighted by Gasteiger charge is -2.06. The van der Waals surface area contributed by atoms with Gasteiger partial charge in [-0.3, -0.25) is 0 Å². The average Bonchev–Trinajstić information content (AvgIpc) is 2.83. The normalized spacial score (nSPS) is 10.9. The zero-order valence-corrected chi connectivity index (χ0v) is 10.1. The molecule has 0 spiro atoms. The summed E-state index contributed by atoms with van der Waals surface area (Å²) in [6.45, 7) is 0. The molecule has 0 aliphatic carbocycles. The number of nitrogens with one attached hydrogen (secondary N) is 1. The van der Waals surface area contributed by atoms with Crippen LogP contribution in [0.15, 0.2) is 36.4 Å². The van der Waals surface area contributed by atoms with Crippen molar-refractivity contribution in [1.29, 1.82) is 0 Å². The molecule has 1 N–H and O–H groups in total. The number of nitrogens with zero attached hydrogens (tertiary/aromatic N) is 1. The largest absolute Gasteiger partial charge is 0.496 e. The zero-order valence-electron chi connectivity index (χ0n) is 10.1. The van der Waals surface area contributed by atoms with Crippen LogP contribution in [0.1, 0.15) is 0 Å². The number of benzene rings is 2. The smallest absolute Gasteiger partial charge is 0.151 e. The molecule has 0 bridgehead atoms. The van der Waals surface area contributed by atoms with Crippen molar-refractivity contribution in [2.75, 3.05) is 7.11 Å². The minimum atomic E-state index is -0.473. The molecule has 96 valence electrons. The van der Waals surface area contributed by atoms with Crippen LogP contribution in [0.25, 0.3) is 22.4 Å². The number of halogens is 2. The van der Waals surface area contributed by atoms with E-state index in [4.69, 9.17) is 4.74 Å². The van der Waals surface area contributed by atoms with Crippen molar-refractivity contribution in [1.82, 2.24) is 9.97 Å². The first-order chi connectivity index (χ1) is 9.20. The Hall–Kier alpha value is -2.43. The van der Waals surface area contributed by atoms with Gasteiger partial charge in [-0.05, 0) is 24.3 Å². The van der Waals surface area contributed by atoms with Crippen molar-refractivity contribution >= 4 is 11.0 Å². The van der Waals surface area contributed by atoms with E-state index in [1.54, 1.807) is 24.3 Å². The molecule has 0 aliphatic heterocycles. The summed E-state index contributed by atoms with van der Waals surface area (Å²) < 4.78 is 32.6. The summed E-state index contributed by atoms with van der Waals surface area (Å²) in [4.78, 5) is 7.00. The van der Waals surface area contributed by atoms with E-state index in [1.807, 2.05) is 0 Å². The molecule has 1 aromatic heterocycles. The standard InChI is InChI=1S/C14H10F2N2O/c1-19-11-7-3-4-8(15)12(11)14-17-10-6-2-5-9(16)13(10)18-14/h2-7H,1H3,(H,17,18). The van der Waals surface area contributed by atoms with E-state index in [9.17, 15) is 8.78 Å². The van der Waals surface area contributed by atoms with Crippen LogP contribution in [0.5, 0.6) is 5.75 Å². The van der Waals surface area contributed by atoms with E-state index >= 15 is 0 Å². The predicted octanol–water partition coefficient (Wildman–Crippen LogP) is 3.52. The summed E-state index contributed by atoms with van der Waals surface area (Å²) in [6, 6.07) is 9.04. The topological polar surface area (TPSA) is 37.9 Å². The van der Waals surface area contributed by atoms with Gasteiger partial charge in [-0.25, -0.2) is 13.8 Å². The van der Waals surface area contributed by atoms with Gasteiger partial charge in [-0.1, -0.05) is 12.1 Å². The number of methoxy groups -OCH3 is 1. The second-order valence-electron chi connectivity index (χ2n) is 4.04. The lowest BCUT2D eigenvalue weighted by atomic mass is 10.2. The molecule has 0 unspecified atom stereocenters. The van der Waals surface area contributed by atoms with E-state index < -0.39 is 11.6 Å². The van der Waals surface area contributed by atoms with Gasteiger partial charge in [0, 0.05) is 0 Å². The molecule has 5 heteroatoms. The number of ether oxygens (including phenoxy) is 1. The number of hydrogen-bond acceptors (Lipinski definition) is 2. The highest BCUT2D eigenvalue weighted by molar-refractivity contribution is 5.81. The van der Waals surface area contributed by atoms with Crippen molar-refractivity contribution in [3.05, 3.63) is 48.0 Å². The second kappa shape index (κ2) is 4.35. The monoisotopic (exact) mass is 260 g/mol. The van der Waals surface area contributed by atoms with Crippen LogP contribution >= 0.6 is 0 Å². The molecule has 3 nitrogen and oxygen atoms in total. The van der Waals surface area contributed by atoms with Gasteiger partial charge < -0.3 is 9.72 Å². The lowest BCUT2D eigenvalue weighted by molar-refractivity contribution is 0.413. The molecule has 19 heavy (non-hydrogen) atoms. The summed E-state index contributed by atoms with van der Waals surface area (Å²) in [5.74, 6) is -0.330. The molecule has 1 heterocycles. The van der Waals surface area contributed by atoms with E-state index in [1.165, 1.54) is 19.2 Å². The minimum absolute atomic E-state index is 0.183. The SMILES string of the molecule is COc1cccc(F)c1-c1nc2c(F)cccc2[nH]1. The Morgan fingerprint density at radius 1 is 1.05 bits per heavy atom. The number of hydrogen-bond donors (Lipinski definition) is 1. The molecule has 0 radical (unpaired) electrons. The molecule has 0 amide bonds. The molecule has 0 aliphatic rings. The van der Waals surface area contributed by atoms with Gasteiger partial charge in [0.1, 0.15) is 22.9 Å². The van der Waals surface area contributed by atoms with E-state index in [2.05, 4.69) is 9.97 Å². The Morgan fingerprint density at radius 2 is 1.79 bits per heavy atom. The molecule has 0 saturated carbocycles. The molecule has 0 saturated heterocycles. The van der Waals surface area contributed by atoms with Crippen molar-refractivity contribution in [2.24, 2.45) is 0 Å². The summed E-state index contributed by atoms with van der Waals surface area (Å²) in [5, 5.41) is 0. The zero-order chi connectivity index (χ0) is 13.4. The molecule has 0 fully saturated rings. The number of para-hydroxylation sites is 1. The average molecular weight is 260 g/mol. The number of fused-ring (bicyclic) bond motifs is 1. The molecule has 3 rings (SSSR count). The van der Waals surface area contributed by atoms with Gasteiger partial charge in [-0.2, -0.15) is 0 Å². The maximum absolute atomic E-state index is 13.9. The van der Waals surface area contributed by atoms with Gasteiger partial charge in [-0.15, -0.1) is 0 Å². The number of H-pyrrole nitrogens is 1. The summed E-state index contributed by atoms with van der Waals surface area (Å²) in [5.41, 5.74) is 0.892. The molecule has 2 aromatic carbocycles. The first-order valence-corrected chi connectivity index (χ1v) is 5.68. The van der Waals surface area contributed by atoms with Gasteiger partial charge in [0.05, 0.1) is 18.2 Å². The van der Waals surface area contributed by atoms with E-state index in [0.717, 1.165) is 0 Å². The summed E-state index contributed by atoms with van der Waals surface area (Å²) >= 11 is 0. The highest BCUT2D eigenvalue weighted by Gasteiger charge is 2.16. The number of imidazole rings is 1. The van der Waals surface area contributed by atoms with Crippen LogP contribution in [0.2, 0.25) is 0 Å². The number of rotatable bonds is 2. The van der Waals surface area contributed by atoms with Gasteiger partial charge >= 0.3 is 0 Å². The Labute approximate surface area is 107 Å². The van der Waals surface area contributed by atoms with Crippen molar-refractivity contribution in [3.8, 4) is 17.1 Å². The third-order valence-corrected chi connectivity index (χ3v) is 2.90. The summed E-state index contributed by atoms with van der Waals surface area (Å²) in [6.07, 6.45) is 0. The molecule has 3 aromatic rings. The molecule has 0 atom stereocenters. The maximum Gasteiger partial charge on any atom is 0.151 e. The molecular weight excluding hydrogens is 250 g/mol. The maximum atomic E-state index is 13.9. The Bertz CT molecular complexity index is 752. The van der Waals surface area contributed by atoms with E-state index in [0.29, 0.717) is 11.3 Å². The second-order valence-corrected chi connectivity index (χ2v) is 4.04. The van der Waals surface area contributed by atoms with Gasteiger partial charge in [0.15, 0.2) is 5.82 Å². The fraction of sp³-hybridized carbons (Fsp3) is 0.0714. The summed E-state index contributed by atoms with van der Waals surface area (Å²) in [7, 11) is 1.45. The van der Waals surface area contributed by atoms with Crippen LogP contribution < -0.4 is 4.74 Å². The molecular formula is C14H10F2N2O. The fourth-order valence-electron chi connectivity index (χ4n) is 2.02. The fourth-order valence-corrected chi connectivity index (χ4v) is 2.02. The third-order valence-electron chi connectivity index (χ3n) is 2.90. The van der Waals surface area contributed by atoms with Crippen LogP contribution in [0.4, 0.5) is 8.78 Å². The van der Waals surface area contributed by atoms with Crippen molar-refractivity contribution in [2.45, 2.75) is 0 Å². The van der Waals surface area contributed by atoms with Crippen LogP contribution in [-0.2, 0) is 0 Å². The predicted molar refractivity (Wildman–Crippen MR) is 68.0 cm³/mol. The first-order valence-electron chi connectivity index (χ1n) is 5.68. The lowest BCUT2D eigenvalue weighted by Crippen LogP contribution is -1.92. The number of aromatic nitrogens is 2. The van der Waals surface area contributed by atoms with Gasteiger partial charge in [0.25, 0.3) is 0 Å². The number of aromatic amines is 1. The van der Waals surface area contributed by atoms with Gasteiger partial charge in [0.2, 0.25) is 0 Å². The van der Waals surface area contributed by atoms with E-state index in [-0.39, 0.29) is 16.9 Å². The van der Waals surface area contributed by atoms with Crippen molar-refractivity contribution in [3.63, 3.8) is 0 Å². The Balaban J connectivity index is 2.28. The third kappa shape index (κ3) is 1.83. The highest BCUT2D eigenvalue weighted by atomic mass is 19.1. The Morgan fingerprint density at radius 3 is 2.53 bits per heavy atom.